The molecule has 1 aliphatic rings. The number of esters is 1. The number of nitrogens with one attached hydrogen (secondary N) is 1. The van der Waals surface area contributed by atoms with Crippen molar-refractivity contribution in [3.05, 3.63) is 29.8 Å². The molecule has 1 aromatic rings. The molecule has 1 heterocycles. The fourth-order valence-electron chi connectivity index (χ4n) is 2.54. The molecule has 4 N–H and O–H groups in total. The predicted molar refractivity (Wildman–Crippen MR) is 83.8 cm³/mol. The molecule has 1 fully saturated rings. The topological polar surface area (TPSA) is 135 Å². The Balaban J connectivity index is 2.30. The second-order valence-electron chi connectivity index (χ2n) is 5.54. The van der Waals surface area contributed by atoms with E-state index in [1.807, 2.05) is 0 Å². The zero-order valence-corrected chi connectivity index (χ0v) is 13.8. The Morgan fingerprint density at radius 3 is 2.52 bits per heavy atom. The van der Waals surface area contributed by atoms with Gasteiger partial charge >= 0.3 is 5.97 Å². The predicted octanol–water partition coefficient (Wildman–Crippen LogP) is -1.20. The third kappa shape index (κ3) is 4.26. The number of carbonyl (C=O) groups excluding carboxylic acids is 2. The first-order valence-corrected chi connectivity index (χ1v) is 7.62. The Bertz CT molecular complexity index is 622. The van der Waals surface area contributed by atoms with Crippen molar-refractivity contribution in [2.75, 3.05) is 13.7 Å². The molecular weight excluding hydrogens is 334 g/mol. The first-order valence-electron chi connectivity index (χ1n) is 7.62. The SMILES string of the molecule is COC(=O)c1ccccc1O[C@@H]1O[C@H](CO)[C@@H](O)[C@H](O)[C@H]1NC(C)=O. The zero-order chi connectivity index (χ0) is 18.6. The lowest BCUT2D eigenvalue weighted by atomic mass is 9.97. The molecule has 1 amide bonds. The van der Waals surface area contributed by atoms with Gasteiger partial charge in [0.1, 0.15) is 35.7 Å². The summed E-state index contributed by atoms with van der Waals surface area (Å²) in [5, 5.41) is 31.9. The summed E-state index contributed by atoms with van der Waals surface area (Å²) in [4.78, 5) is 23.2. The van der Waals surface area contributed by atoms with Gasteiger partial charge in [0.05, 0.1) is 13.7 Å². The molecule has 0 aliphatic carbocycles. The Hall–Kier alpha value is -2.20. The van der Waals surface area contributed by atoms with Gasteiger partial charge in [0.25, 0.3) is 0 Å². The molecule has 9 nitrogen and oxygen atoms in total. The quantitative estimate of drug-likeness (QED) is 0.484. The van der Waals surface area contributed by atoms with Crippen LogP contribution in [0.4, 0.5) is 0 Å². The van der Waals surface area contributed by atoms with Crippen LogP contribution in [0.25, 0.3) is 0 Å². The van der Waals surface area contributed by atoms with Crippen molar-refractivity contribution in [3.63, 3.8) is 0 Å². The van der Waals surface area contributed by atoms with Crippen LogP contribution in [0.5, 0.6) is 5.75 Å². The van der Waals surface area contributed by atoms with Crippen LogP contribution in [-0.2, 0) is 14.3 Å². The van der Waals surface area contributed by atoms with Crippen LogP contribution in [0.2, 0.25) is 0 Å². The van der Waals surface area contributed by atoms with Crippen molar-refractivity contribution in [2.24, 2.45) is 0 Å². The third-order valence-corrected chi connectivity index (χ3v) is 3.79. The van der Waals surface area contributed by atoms with Crippen LogP contribution < -0.4 is 10.1 Å². The molecular formula is C16H21NO8. The summed E-state index contributed by atoms with van der Waals surface area (Å²) in [6.07, 6.45) is -5.22. The lowest BCUT2D eigenvalue weighted by molar-refractivity contribution is -0.244. The fraction of sp³-hybridized carbons (Fsp3) is 0.500. The molecule has 2 rings (SSSR count). The van der Waals surface area contributed by atoms with Crippen molar-refractivity contribution < 1.29 is 39.1 Å². The van der Waals surface area contributed by atoms with Gasteiger partial charge in [-0.1, -0.05) is 12.1 Å². The summed E-state index contributed by atoms with van der Waals surface area (Å²) in [5.41, 5.74) is 0.122. The van der Waals surface area contributed by atoms with E-state index in [-0.39, 0.29) is 11.3 Å². The maximum atomic E-state index is 11.8. The van der Waals surface area contributed by atoms with E-state index in [0.717, 1.165) is 0 Å². The highest BCUT2D eigenvalue weighted by atomic mass is 16.7. The van der Waals surface area contributed by atoms with E-state index < -0.39 is 49.1 Å². The standard InChI is InChI=1S/C16H21NO8/c1-8(19)17-12-14(21)13(20)11(7-18)25-16(12)24-10-6-4-3-5-9(10)15(22)23-2/h3-6,11-14,16,18,20-21H,7H2,1-2H3,(H,17,19)/t11-,12-,13-,14-,16-/m1/s1. The van der Waals surface area contributed by atoms with Crippen molar-refractivity contribution in [2.45, 2.75) is 37.6 Å². The first kappa shape index (κ1) is 19.1. The largest absolute Gasteiger partial charge is 0.465 e. The smallest absolute Gasteiger partial charge is 0.341 e. The summed E-state index contributed by atoms with van der Waals surface area (Å²) < 4.78 is 15.8. The highest BCUT2D eigenvalue weighted by Crippen LogP contribution is 2.27. The minimum Gasteiger partial charge on any atom is -0.465 e. The number of para-hydroxylation sites is 1. The lowest BCUT2D eigenvalue weighted by Crippen LogP contribution is -2.65. The number of hydrogen-bond donors (Lipinski definition) is 4. The number of ether oxygens (including phenoxy) is 3. The summed E-state index contributed by atoms with van der Waals surface area (Å²) >= 11 is 0. The maximum Gasteiger partial charge on any atom is 0.341 e. The Kier molecular flexibility index (Phi) is 6.32. The molecule has 0 aromatic heterocycles. The van der Waals surface area contributed by atoms with E-state index in [1.54, 1.807) is 12.1 Å². The molecule has 0 spiro atoms. The number of aliphatic hydroxyl groups is 3. The van der Waals surface area contributed by atoms with Crippen molar-refractivity contribution in [1.29, 1.82) is 0 Å². The van der Waals surface area contributed by atoms with Gasteiger partial charge in [-0.15, -0.1) is 0 Å². The van der Waals surface area contributed by atoms with Crippen LogP contribution in [0.1, 0.15) is 17.3 Å². The average Bonchev–Trinajstić information content (AvgIpc) is 2.60. The summed E-state index contributed by atoms with van der Waals surface area (Å²) in [7, 11) is 1.22. The molecule has 1 saturated heterocycles. The maximum absolute atomic E-state index is 11.8. The van der Waals surface area contributed by atoms with Gasteiger partial charge in [-0.25, -0.2) is 4.79 Å². The number of benzene rings is 1. The number of methoxy groups -OCH3 is 1. The van der Waals surface area contributed by atoms with Crippen molar-refractivity contribution >= 4 is 11.9 Å². The second kappa shape index (κ2) is 8.26. The van der Waals surface area contributed by atoms with E-state index in [2.05, 4.69) is 10.1 Å². The molecule has 9 heteroatoms. The molecule has 0 bridgehead atoms. The van der Waals surface area contributed by atoms with Crippen LogP contribution >= 0.6 is 0 Å². The minimum absolute atomic E-state index is 0.106. The van der Waals surface area contributed by atoms with Gasteiger partial charge in [-0.2, -0.15) is 0 Å². The Morgan fingerprint density at radius 2 is 1.92 bits per heavy atom. The van der Waals surface area contributed by atoms with Gasteiger partial charge < -0.3 is 34.8 Å². The van der Waals surface area contributed by atoms with Crippen molar-refractivity contribution in [1.82, 2.24) is 5.32 Å². The fourth-order valence-corrected chi connectivity index (χ4v) is 2.54. The molecule has 0 radical (unpaired) electrons. The Labute approximate surface area is 144 Å². The molecule has 1 aromatic carbocycles. The van der Waals surface area contributed by atoms with Crippen LogP contribution in [0, 0.1) is 0 Å². The summed E-state index contributed by atoms with van der Waals surface area (Å²) in [5.74, 6) is -1.01. The number of carbonyl (C=O) groups is 2. The third-order valence-electron chi connectivity index (χ3n) is 3.79. The molecule has 5 atom stereocenters. The van der Waals surface area contributed by atoms with Gasteiger partial charge in [-0.3, -0.25) is 4.79 Å². The van der Waals surface area contributed by atoms with Gasteiger partial charge in [-0.05, 0) is 12.1 Å². The van der Waals surface area contributed by atoms with Gasteiger partial charge in [0.2, 0.25) is 12.2 Å². The number of rotatable bonds is 5. The van der Waals surface area contributed by atoms with Crippen LogP contribution in [-0.4, -0.2) is 71.6 Å². The van der Waals surface area contributed by atoms with E-state index in [4.69, 9.17) is 9.47 Å². The highest BCUT2D eigenvalue weighted by Gasteiger charge is 2.46. The van der Waals surface area contributed by atoms with E-state index in [9.17, 15) is 24.9 Å². The molecule has 0 saturated carbocycles. The van der Waals surface area contributed by atoms with E-state index >= 15 is 0 Å². The zero-order valence-electron chi connectivity index (χ0n) is 13.8. The van der Waals surface area contributed by atoms with Crippen molar-refractivity contribution in [3.8, 4) is 5.75 Å². The summed E-state index contributed by atoms with van der Waals surface area (Å²) in [6, 6.07) is 5.09. The molecule has 0 unspecified atom stereocenters. The lowest BCUT2D eigenvalue weighted by Gasteiger charge is -2.42. The van der Waals surface area contributed by atoms with Crippen LogP contribution in [0.3, 0.4) is 0 Å². The normalized spacial score (nSPS) is 28.9. The number of amides is 1. The number of aliphatic hydroxyl groups excluding tert-OH is 3. The summed E-state index contributed by atoms with van der Waals surface area (Å²) in [6.45, 7) is 0.667. The monoisotopic (exact) mass is 355 g/mol. The highest BCUT2D eigenvalue weighted by molar-refractivity contribution is 5.92. The molecule has 1 aliphatic heterocycles. The second-order valence-corrected chi connectivity index (χ2v) is 5.54. The van der Waals surface area contributed by atoms with E-state index in [1.165, 1.54) is 26.2 Å². The average molecular weight is 355 g/mol. The first-order chi connectivity index (χ1) is 11.9. The van der Waals surface area contributed by atoms with Crippen LogP contribution in [0.15, 0.2) is 24.3 Å². The minimum atomic E-state index is -1.44. The van der Waals surface area contributed by atoms with Gasteiger partial charge in [0, 0.05) is 6.92 Å². The van der Waals surface area contributed by atoms with Gasteiger partial charge in [0.15, 0.2) is 0 Å². The Morgan fingerprint density at radius 1 is 1.24 bits per heavy atom. The molecule has 25 heavy (non-hydrogen) atoms. The number of hydrogen-bond acceptors (Lipinski definition) is 8. The molecule has 138 valence electrons. The van der Waals surface area contributed by atoms with E-state index in [0.29, 0.717) is 0 Å².